The van der Waals surface area contributed by atoms with Crippen LogP contribution in [0.15, 0.2) is 0 Å². The van der Waals surface area contributed by atoms with Crippen molar-refractivity contribution in [3.8, 4) is 0 Å². The molecule has 6 heteroatoms. The average Bonchev–Trinajstić information content (AvgIpc) is 2.70. The molecule has 0 aliphatic heterocycles. The van der Waals surface area contributed by atoms with E-state index in [1.165, 1.54) is 64.2 Å². The van der Waals surface area contributed by atoms with E-state index in [4.69, 9.17) is 19.3 Å². The number of aliphatic carboxylic acids is 1. The quantitative estimate of drug-likeness (QED) is 0.174. The molecule has 172 valence electrons. The molecule has 6 nitrogen and oxygen atoms in total. The number of carboxylic acid groups (broad SMARTS) is 1. The number of hydrogen-bond acceptors (Lipinski definition) is 5. The van der Waals surface area contributed by atoms with Gasteiger partial charge in [0.2, 0.25) is 0 Å². The maximum atomic E-state index is 11.4. The van der Waals surface area contributed by atoms with Gasteiger partial charge in [0.05, 0.1) is 19.8 Å². The second-order valence-electron chi connectivity index (χ2n) is 7.58. The molecule has 0 aliphatic carbocycles. The summed E-state index contributed by atoms with van der Waals surface area (Å²) in [5.41, 5.74) is 0. The molecule has 1 N–H and O–H groups in total. The summed E-state index contributed by atoms with van der Waals surface area (Å²) >= 11 is 0. The number of carbonyl (C=O) groups excluding carboxylic acids is 1. The minimum Gasteiger partial charge on any atom is -0.481 e. The number of rotatable bonds is 23. The lowest BCUT2D eigenvalue weighted by Gasteiger charge is -2.07. The van der Waals surface area contributed by atoms with Crippen LogP contribution < -0.4 is 0 Å². The third-order valence-corrected chi connectivity index (χ3v) is 4.78. The molecule has 0 radical (unpaired) electrons. The molecule has 0 amide bonds. The van der Waals surface area contributed by atoms with E-state index in [1.54, 1.807) is 0 Å². The number of carbonyl (C=O) groups is 2. The van der Waals surface area contributed by atoms with Crippen molar-refractivity contribution in [2.24, 2.45) is 0 Å². The van der Waals surface area contributed by atoms with Crippen LogP contribution in [-0.4, -0.2) is 50.1 Å². The van der Waals surface area contributed by atoms with Gasteiger partial charge in [-0.2, -0.15) is 0 Å². The zero-order valence-corrected chi connectivity index (χ0v) is 18.6. The second kappa shape index (κ2) is 23.1. The van der Waals surface area contributed by atoms with Gasteiger partial charge in [-0.15, -0.1) is 0 Å². The van der Waals surface area contributed by atoms with Gasteiger partial charge >= 0.3 is 11.9 Å². The molecule has 0 saturated carbocycles. The maximum Gasteiger partial charge on any atom is 0.305 e. The third kappa shape index (κ3) is 24.8. The summed E-state index contributed by atoms with van der Waals surface area (Å²) in [5.74, 6) is -1.13. The summed E-state index contributed by atoms with van der Waals surface area (Å²) in [6.07, 6.45) is 16.0. The maximum absolute atomic E-state index is 11.4. The highest BCUT2D eigenvalue weighted by atomic mass is 16.6. The van der Waals surface area contributed by atoms with Gasteiger partial charge in [-0.05, 0) is 19.3 Å². The van der Waals surface area contributed by atoms with Crippen molar-refractivity contribution >= 4 is 11.9 Å². The number of ether oxygens (including phenoxy) is 3. The summed E-state index contributed by atoms with van der Waals surface area (Å²) in [4.78, 5) is 21.8. The minimum absolute atomic E-state index is 0.0928. The SMILES string of the molecule is CCCCCCCCCCCCCOCCOCCOC(=O)CCCCC(=O)O. The summed E-state index contributed by atoms with van der Waals surface area (Å²) in [6.45, 7) is 4.72. The molecule has 29 heavy (non-hydrogen) atoms. The van der Waals surface area contributed by atoms with Gasteiger partial charge in [0.1, 0.15) is 6.61 Å². The molecule has 0 fully saturated rings. The van der Waals surface area contributed by atoms with Crippen molar-refractivity contribution < 1.29 is 28.9 Å². The van der Waals surface area contributed by atoms with Crippen molar-refractivity contribution in [3.05, 3.63) is 0 Å². The first-order valence-electron chi connectivity index (χ1n) is 11.7. The fourth-order valence-corrected chi connectivity index (χ4v) is 3.02. The molecular weight excluding hydrogens is 372 g/mol. The Bertz CT molecular complexity index is 372. The summed E-state index contributed by atoms with van der Waals surface area (Å²) in [7, 11) is 0. The van der Waals surface area contributed by atoms with E-state index < -0.39 is 5.97 Å². The van der Waals surface area contributed by atoms with E-state index in [0.717, 1.165) is 13.0 Å². The van der Waals surface area contributed by atoms with Gasteiger partial charge in [-0.3, -0.25) is 9.59 Å². The van der Waals surface area contributed by atoms with Crippen LogP contribution >= 0.6 is 0 Å². The minimum atomic E-state index is -0.836. The molecule has 0 heterocycles. The van der Waals surface area contributed by atoms with Gasteiger partial charge in [0.15, 0.2) is 0 Å². The summed E-state index contributed by atoms with van der Waals surface area (Å²) in [6, 6.07) is 0. The molecule has 0 spiro atoms. The summed E-state index contributed by atoms with van der Waals surface area (Å²) < 4.78 is 15.9. The molecule has 0 aromatic carbocycles. The highest BCUT2D eigenvalue weighted by Gasteiger charge is 2.04. The first kappa shape index (κ1) is 27.9. The molecule has 0 aliphatic rings. The van der Waals surface area contributed by atoms with Crippen LogP contribution in [0.2, 0.25) is 0 Å². The van der Waals surface area contributed by atoms with E-state index in [9.17, 15) is 9.59 Å². The van der Waals surface area contributed by atoms with Crippen LogP contribution in [-0.2, 0) is 23.8 Å². The monoisotopic (exact) mass is 416 g/mol. The van der Waals surface area contributed by atoms with E-state index in [-0.39, 0.29) is 25.4 Å². The van der Waals surface area contributed by atoms with Crippen LogP contribution in [0.1, 0.15) is 103 Å². The zero-order valence-electron chi connectivity index (χ0n) is 18.6. The third-order valence-electron chi connectivity index (χ3n) is 4.78. The lowest BCUT2D eigenvalue weighted by molar-refractivity contribution is -0.146. The van der Waals surface area contributed by atoms with Crippen LogP contribution in [0.5, 0.6) is 0 Å². The molecule has 0 aromatic heterocycles. The molecule has 0 atom stereocenters. The number of carboxylic acids is 1. The lowest BCUT2D eigenvalue weighted by atomic mass is 10.1. The molecule has 0 bridgehead atoms. The first-order chi connectivity index (χ1) is 14.2. The van der Waals surface area contributed by atoms with Crippen molar-refractivity contribution in [2.45, 2.75) is 103 Å². The lowest BCUT2D eigenvalue weighted by Crippen LogP contribution is -2.13. The van der Waals surface area contributed by atoms with E-state index in [1.807, 2.05) is 0 Å². The predicted octanol–water partition coefficient (Wildman–Crippen LogP) is 5.52. The van der Waals surface area contributed by atoms with E-state index in [2.05, 4.69) is 6.92 Å². The Kier molecular flexibility index (Phi) is 22.2. The Balaban J connectivity index is 3.11. The average molecular weight is 417 g/mol. The van der Waals surface area contributed by atoms with Crippen molar-refractivity contribution in [2.75, 3.05) is 33.0 Å². The van der Waals surface area contributed by atoms with Gasteiger partial charge in [-0.1, -0.05) is 71.1 Å². The largest absolute Gasteiger partial charge is 0.481 e. The fraction of sp³-hybridized carbons (Fsp3) is 0.913. The Morgan fingerprint density at radius 3 is 1.66 bits per heavy atom. The second-order valence-corrected chi connectivity index (χ2v) is 7.58. The number of hydrogen-bond donors (Lipinski definition) is 1. The Morgan fingerprint density at radius 1 is 0.586 bits per heavy atom. The normalized spacial score (nSPS) is 10.9. The predicted molar refractivity (Wildman–Crippen MR) is 115 cm³/mol. The van der Waals surface area contributed by atoms with Crippen LogP contribution in [0, 0.1) is 0 Å². The molecule has 0 unspecified atom stereocenters. The van der Waals surface area contributed by atoms with Crippen molar-refractivity contribution in [1.82, 2.24) is 0 Å². The van der Waals surface area contributed by atoms with Crippen molar-refractivity contribution in [3.63, 3.8) is 0 Å². The number of esters is 1. The fourth-order valence-electron chi connectivity index (χ4n) is 3.02. The topological polar surface area (TPSA) is 82.1 Å². The first-order valence-corrected chi connectivity index (χ1v) is 11.7. The number of unbranched alkanes of at least 4 members (excludes halogenated alkanes) is 11. The standard InChI is InChI=1S/C23H44O6/c1-2-3-4-5-6-7-8-9-10-11-14-17-27-18-19-28-20-21-29-23(26)16-13-12-15-22(24)25/h2-21H2,1H3,(H,24,25). The molecular formula is C23H44O6. The Hall–Kier alpha value is -1.14. The molecule has 0 saturated heterocycles. The smallest absolute Gasteiger partial charge is 0.305 e. The van der Waals surface area contributed by atoms with Gasteiger partial charge in [-0.25, -0.2) is 0 Å². The van der Waals surface area contributed by atoms with Gasteiger partial charge in [0.25, 0.3) is 0 Å². The zero-order chi connectivity index (χ0) is 21.4. The molecule has 0 aromatic rings. The van der Waals surface area contributed by atoms with Crippen LogP contribution in [0.3, 0.4) is 0 Å². The summed E-state index contributed by atoms with van der Waals surface area (Å²) in [5, 5.41) is 8.51. The highest BCUT2D eigenvalue weighted by molar-refractivity contribution is 5.69. The van der Waals surface area contributed by atoms with Crippen LogP contribution in [0.4, 0.5) is 0 Å². The Morgan fingerprint density at radius 2 is 1.07 bits per heavy atom. The van der Waals surface area contributed by atoms with E-state index >= 15 is 0 Å². The van der Waals surface area contributed by atoms with Gasteiger partial charge in [0, 0.05) is 19.4 Å². The van der Waals surface area contributed by atoms with Crippen LogP contribution in [0.25, 0.3) is 0 Å². The van der Waals surface area contributed by atoms with E-state index in [0.29, 0.717) is 32.7 Å². The Labute approximate surface area is 177 Å². The molecule has 0 rings (SSSR count). The van der Waals surface area contributed by atoms with Gasteiger partial charge < -0.3 is 19.3 Å². The highest BCUT2D eigenvalue weighted by Crippen LogP contribution is 2.11. The van der Waals surface area contributed by atoms with Crippen molar-refractivity contribution in [1.29, 1.82) is 0 Å².